The maximum atomic E-state index is 13.1. The molecule has 209 valence electrons. The first-order valence-electron chi connectivity index (χ1n) is 11.8. The van der Waals surface area contributed by atoms with Crippen LogP contribution in [0.5, 0.6) is 5.75 Å². The number of ketones is 2. The monoisotopic (exact) mass is 632 g/mol. The van der Waals surface area contributed by atoms with Crippen LogP contribution in [0.15, 0.2) is 42.0 Å². The van der Waals surface area contributed by atoms with Crippen LogP contribution in [-0.2, 0) is 61.3 Å². The zero-order valence-corrected chi connectivity index (χ0v) is 23.5. The van der Waals surface area contributed by atoms with Crippen LogP contribution < -0.4 is 10.6 Å². The molecule has 39 heavy (non-hydrogen) atoms. The van der Waals surface area contributed by atoms with Crippen LogP contribution in [-0.4, -0.2) is 24.7 Å². The number of benzene rings is 2. The quantitative estimate of drug-likeness (QED) is 0.0989. The first-order valence-corrected chi connectivity index (χ1v) is 11.8. The Morgan fingerprint density at radius 2 is 1.62 bits per heavy atom. The summed E-state index contributed by atoms with van der Waals surface area (Å²) in [4.78, 5) is 34.0. The van der Waals surface area contributed by atoms with E-state index in [1.807, 2.05) is 0 Å². The Kier molecular flexibility index (Phi) is 12.3. The molecule has 2 aromatic rings. The van der Waals surface area contributed by atoms with Crippen LogP contribution in [0.4, 0.5) is 26.3 Å². The smallest absolute Gasteiger partial charge is 0.416 e. The van der Waals surface area contributed by atoms with Gasteiger partial charge in [-0.05, 0) is 72.9 Å². The van der Waals surface area contributed by atoms with Crippen molar-refractivity contribution < 1.29 is 78.5 Å². The average molecular weight is 632 g/mol. The molecular formula is C26H25F6N2O4Y-. The first kappa shape index (κ1) is 33.1. The van der Waals surface area contributed by atoms with Gasteiger partial charge in [-0.3, -0.25) is 14.6 Å². The normalized spacial score (nSPS) is 14.6. The Bertz CT molecular complexity index is 1170. The van der Waals surface area contributed by atoms with Crippen molar-refractivity contribution in [1.29, 1.82) is 0 Å². The van der Waals surface area contributed by atoms with Crippen LogP contribution in [0.25, 0.3) is 11.6 Å². The van der Waals surface area contributed by atoms with E-state index in [9.17, 15) is 35.9 Å². The Morgan fingerprint density at radius 1 is 0.949 bits per heavy atom. The predicted molar refractivity (Wildman–Crippen MR) is 126 cm³/mol. The second kappa shape index (κ2) is 14.5. The zero-order chi connectivity index (χ0) is 27.9. The van der Waals surface area contributed by atoms with E-state index in [1.54, 1.807) is 6.07 Å². The number of hydrogen-bond donors (Lipinski definition) is 1. The molecule has 1 aliphatic carbocycles. The van der Waals surface area contributed by atoms with Gasteiger partial charge in [0.05, 0.1) is 17.7 Å². The van der Waals surface area contributed by atoms with Crippen molar-refractivity contribution in [3.63, 3.8) is 0 Å². The molecule has 0 amide bonds. The van der Waals surface area contributed by atoms with Crippen molar-refractivity contribution in [3.8, 4) is 5.75 Å². The summed E-state index contributed by atoms with van der Waals surface area (Å²) in [6.45, 7) is 0.379. The summed E-state index contributed by atoms with van der Waals surface area (Å²) in [6.07, 6.45) is -5.88. The molecule has 0 spiro atoms. The predicted octanol–water partition coefficient (Wildman–Crippen LogP) is 6.62. The summed E-state index contributed by atoms with van der Waals surface area (Å²) >= 11 is 0. The van der Waals surface area contributed by atoms with E-state index in [4.69, 9.17) is 15.6 Å². The number of halogens is 6. The molecule has 2 aromatic carbocycles. The number of nitrogens with two attached hydrogens (primary N) is 1. The van der Waals surface area contributed by atoms with Gasteiger partial charge in [0.25, 0.3) is 0 Å². The largest absolute Gasteiger partial charge is 0.489 e. The van der Waals surface area contributed by atoms with E-state index in [0.29, 0.717) is 49.9 Å². The number of alkyl halides is 6. The summed E-state index contributed by atoms with van der Waals surface area (Å²) in [7, 11) is 0. The van der Waals surface area contributed by atoms with E-state index >= 15 is 0 Å². The van der Waals surface area contributed by atoms with Crippen LogP contribution >= 0.6 is 0 Å². The van der Waals surface area contributed by atoms with Crippen molar-refractivity contribution in [1.82, 2.24) is 0 Å². The fourth-order valence-electron chi connectivity index (χ4n) is 3.89. The molecule has 0 saturated heterocycles. The Hall–Kier alpha value is -2.12. The molecule has 0 saturated carbocycles. The molecule has 0 bridgehead atoms. The molecule has 1 radical (unpaired) electrons. The molecule has 13 heteroatoms. The van der Waals surface area contributed by atoms with E-state index in [2.05, 4.69) is 5.48 Å². The number of carbonyl (C=O) groups excluding carboxylic acids is 2. The van der Waals surface area contributed by atoms with Crippen molar-refractivity contribution in [2.45, 2.75) is 50.9 Å². The molecule has 2 N–H and O–H groups in total. The van der Waals surface area contributed by atoms with Crippen LogP contribution in [0, 0.1) is 0 Å². The summed E-state index contributed by atoms with van der Waals surface area (Å²) in [6, 6.07) is 5.67. The number of hydroxylamine groups is 1. The van der Waals surface area contributed by atoms with Crippen LogP contribution in [0.3, 0.4) is 0 Å². The summed E-state index contributed by atoms with van der Waals surface area (Å²) in [5, 5.41) is 0. The summed E-state index contributed by atoms with van der Waals surface area (Å²) < 4.78 is 78.9. The van der Waals surface area contributed by atoms with Gasteiger partial charge >= 0.3 is 12.4 Å². The minimum atomic E-state index is -4.98. The van der Waals surface area contributed by atoms with Crippen molar-refractivity contribution in [2.24, 2.45) is 5.73 Å². The van der Waals surface area contributed by atoms with Crippen LogP contribution in [0.1, 0.15) is 64.7 Å². The van der Waals surface area contributed by atoms with Gasteiger partial charge in [0.2, 0.25) is 0 Å². The van der Waals surface area contributed by atoms with Gasteiger partial charge in [-0.1, -0.05) is 12.8 Å². The number of unbranched alkanes of at least 4 members (excludes halogenated alkanes) is 2. The maximum absolute atomic E-state index is 13.1. The topological polar surface area (TPSA) is 92.7 Å². The second-order valence-corrected chi connectivity index (χ2v) is 8.72. The minimum absolute atomic E-state index is 0. The molecule has 0 aromatic heterocycles. The van der Waals surface area contributed by atoms with E-state index < -0.39 is 29.3 Å². The Morgan fingerprint density at radius 3 is 2.23 bits per heavy atom. The number of Topliss-reactive ketones (excluding diaryl/α,β-unsaturated/α-hetero) is 2. The third-order valence-corrected chi connectivity index (χ3v) is 5.85. The number of rotatable bonds is 11. The average Bonchev–Trinajstić information content (AvgIpc) is 2.86. The molecule has 3 rings (SSSR count). The van der Waals surface area contributed by atoms with Crippen molar-refractivity contribution in [2.75, 3.05) is 13.1 Å². The second-order valence-electron chi connectivity index (χ2n) is 8.72. The van der Waals surface area contributed by atoms with Gasteiger partial charge in [-0.25, -0.2) is 0 Å². The summed E-state index contributed by atoms with van der Waals surface area (Å²) in [5.74, 6) is -0.224. The van der Waals surface area contributed by atoms with Gasteiger partial charge in [-0.2, -0.15) is 26.3 Å². The molecule has 6 nitrogen and oxygen atoms in total. The fraction of sp³-hybridized carbons (Fsp3) is 0.385. The first-order chi connectivity index (χ1) is 17.9. The molecule has 0 fully saturated rings. The Labute approximate surface area is 246 Å². The van der Waals surface area contributed by atoms with Crippen molar-refractivity contribution in [3.05, 3.63) is 75.3 Å². The number of aryl methyl sites for hydroxylation is 1. The van der Waals surface area contributed by atoms with E-state index in [0.717, 1.165) is 12.5 Å². The Balaban J connectivity index is 0.00000533. The number of hydrogen-bond acceptors (Lipinski definition) is 5. The molecule has 1 aliphatic rings. The van der Waals surface area contributed by atoms with Crippen LogP contribution in [0.2, 0.25) is 0 Å². The van der Waals surface area contributed by atoms with Gasteiger partial charge in [0.15, 0.2) is 11.5 Å². The zero-order valence-electron chi connectivity index (χ0n) is 20.7. The molecule has 0 aliphatic heterocycles. The van der Waals surface area contributed by atoms with Gasteiger partial charge < -0.3 is 16.1 Å². The molecule has 0 heterocycles. The molecule has 0 atom stereocenters. The third-order valence-electron chi connectivity index (χ3n) is 5.85. The number of fused-ring (bicyclic) bond motifs is 1. The maximum Gasteiger partial charge on any atom is 0.416 e. The molecule has 0 unspecified atom stereocenters. The fourth-order valence-corrected chi connectivity index (χ4v) is 3.89. The summed E-state index contributed by atoms with van der Waals surface area (Å²) in [5.41, 5.74) is 6.71. The third kappa shape index (κ3) is 9.79. The van der Waals surface area contributed by atoms with E-state index in [-0.39, 0.29) is 80.0 Å². The van der Waals surface area contributed by atoms with E-state index in [1.165, 1.54) is 12.1 Å². The van der Waals surface area contributed by atoms with Crippen molar-refractivity contribution >= 4 is 17.6 Å². The number of nitrogens with zero attached hydrogens (tertiary/aromatic N) is 1. The minimum Gasteiger partial charge on any atom is -0.489 e. The van der Waals surface area contributed by atoms with Gasteiger partial charge in [0.1, 0.15) is 5.78 Å². The molecular weight excluding hydrogens is 607 g/mol. The standard InChI is InChI=1S/C26H25F6N2O4.Y/c27-25(28,29)19-11-16(12-20(14-19)26(30,31)32)10-18-6-5-17-13-22(7-8-23(17)24(18)36)37-38-34-9-3-1-2-4-21(35)15-33;/h7-8,10-14H,1-6,9,15,33H2;/q-1;/b18-10+;. The number of allylic oxidation sites excluding steroid dienone is 1. The SMILES string of the molecule is NCC(=O)CCCCC[N-]OOc1ccc2c(c1)CC/C(=C\c1cc(C(F)(F)F)cc(C(F)(F)F)c1)C2=O.[Y]. The van der Waals surface area contributed by atoms with Gasteiger partial charge in [0, 0.05) is 50.3 Å². The number of carbonyl (C=O) groups is 2. The van der Waals surface area contributed by atoms with Gasteiger partial charge in [-0.15, -0.1) is 6.54 Å².